The van der Waals surface area contributed by atoms with E-state index in [4.69, 9.17) is 4.74 Å². The van der Waals surface area contributed by atoms with Crippen LogP contribution in [0.1, 0.15) is 36.5 Å². The number of hydrogen-bond donors (Lipinski definition) is 1. The van der Waals surface area contributed by atoms with Crippen molar-refractivity contribution in [1.29, 1.82) is 0 Å². The molecule has 1 aromatic rings. The summed E-state index contributed by atoms with van der Waals surface area (Å²) >= 11 is 0. The third kappa shape index (κ3) is 2.40. The van der Waals surface area contributed by atoms with Gasteiger partial charge in [-0.15, -0.1) is 0 Å². The minimum Gasteiger partial charge on any atom is -0.392 e. The third-order valence-electron chi connectivity index (χ3n) is 5.09. The number of ether oxygens (including phenoxy) is 1. The number of likely N-dealkylation sites (tertiary alicyclic amines) is 1. The second-order valence-electron chi connectivity index (χ2n) is 6.08. The Morgan fingerprint density at radius 1 is 1.55 bits per heavy atom. The monoisotopic (exact) mass is 308 g/mol. The van der Waals surface area contributed by atoms with Gasteiger partial charge in [0.05, 0.1) is 24.0 Å². The van der Waals surface area contributed by atoms with Gasteiger partial charge in [-0.05, 0) is 25.8 Å². The van der Waals surface area contributed by atoms with Crippen molar-refractivity contribution in [2.24, 2.45) is 5.41 Å². The summed E-state index contributed by atoms with van der Waals surface area (Å²) in [5, 5.41) is 10.2. The molecule has 1 aliphatic carbocycles. The Labute approximate surface area is 129 Å². The van der Waals surface area contributed by atoms with Crippen molar-refractivity contribution >= 4 is 5.91 Å². The molecule has 120 valence electrons. The van der Waals surface area contributed by atoms with E-state index < -0.39 is 5.82 Å². The van der Waals surface area contributed by atoms with Crippen LogP contribution in [0.4, 0.5) is 4.39 Å². The molecule has 1 amide bonds. The maximum absolute atomic E-state index is 13.7. The van der Waals surface area contributed by atoms with Gasteiger partial charge in [0.1, 0.15) is 0 Å². The molecule has 0 aromatic carbocycles. The SMILES string of the molecule is CCOC1CC(O)C12CCN(C(=O)c1ccncc1F)CC2. The lowest BCUT2D eigenvalue weighted by Crippen LogP contribution is -2.62. The first-order valence-electron chi connectivity index (χ1n) is 7.77. The largest absolute Gasteiger partial charge is 0.392 e. The molecule has 1 aliphatic heterocycles. The first kappa shape index (κ1) is 15.4. The topological polar surface area (TPSA) is 62.7 Å². The van der Waals surface area contributed by atoms with E-state index >= 15 is 0 Å². The van der Waals surface area contributed by atoms with Gasteiger partial charge < -0.3 is 14.7 Å². The molecule has 2 unspecified atom stereocenters. The fraction of sp³-hybridized carbons (Fsp3) is 0.625. The predicted molar refractivity (Wildman–Crippen MR) is 77.8 cm³/mol. The standard InChI is InChI=1S/C16H21FN2O3/c1-2-22-14-9-13(20)16(14)4-7-19(8-5-16)15(21)11-3-6-18-10-12(11)17/h3,6,10,13-14,20H,2,4-5,7-9H2,1H3. The number of carbonyl (C=O) groups is 1. The molecule has 6 heteroatoms. The van der Waals surface area contributed by atoms with Crippen LogP contribution in [0, 0.1) is 11.2 Å². The Morgan fingerprint density at radius 3 is 2.86 bits per heavy atom. The zero-order chi connectivity index (χ0) is 15.7. The molecular formula is C16H21FN2O3. The van der Waals surface area contributed by atoms with Gasteiger partial charge in [0.25, 0.3) is 5.91 Å². The van der Waals surface area contributed by atoms with Gasteiger partial charge >= 0.3 is 0 Å². The first-order chi connectivity index (χ1) is 10.6. The zero-order valence-corrected chi connectivity index (χ0v) is 12.7. The molecule has 0 radical (unpaired) electrons. The van der Waals surface area contributed by atoms with E-state index in [1.165, 1.54) is 12.3 Å². The summed E-state index contributed by atoms with van der Waals surface area (Å²) in [6.07, 6.45) is 4.23. The van der Waals surface area contributed by atoms with Crippen molar-refractivity contribution in [2.75, 3.05) is 19.7 Å². The highest BCUT2D eigenvalue weighted by Gasteiger charge is 2.56. The number of aliphatic hydroxyl groups is 1. The van der Waals surface area contributed by atoms with Crippen molar-refractivity contribution in [3.63, 3.8) is 0 Å². The Kier molecular flexibility index (Phi) is 4.14. The van der Waals surface area contributed by atoms with Gasteiger partial charge in [-0.2, -0.15) is 0 Å². The molecule has 2 heterocycles. The quantitative estimate of drug-likeness (QED) is 0.921. The molecule has 1 aromatic heterocycles. The van der Waals surface area contributed by atoms with Crippen LogP contribution >= 0.6 is 0 Å². The van der Waals surface area contributed by atoms with Crippen LogP contribution in [-0.2, 0) is 4.74 Å². The number of piperidine rings is 1. The van der Waals surface area contributed by atoms with Gasteiger partial charge in [-0.1, -0.05) is 0 Å². The molecule has 1 saturated carbocycles. The number of rotatable bonds is 3. The molecule has 2 atom stereocenters. The number of nitrogens with zero attached hydrogens (tertiary/aromatic N) is 2. The molecular weight excluding hydrogens is 287 g/mol. The number of aliphatic hydroxyl groups excluding tert-OH is 1. The lowest BCUT2D eigenvalue weighted by molar-refractivity contribution is -0.207. The number of halogens is 1. The maximum atomic E-state index is 13.7. The smallest absolute Gasteiger partial charge is 0.256 e. The average Bonchev–Trinajstić information content (AvgIpc) is 2.55. The Balaban J connectivity index is 1.67. The van der Waals surface area contributed by atoms with E-state index in [-0.39, 0.29) is 29.1 Å². The van der Waals surface area contributed by atoms with E-state index in [2.05, 4.69) is 4.98 Å². The van der Waals surface area contributed by atoms with Crippen LogP contribution in [0.25, 0.3) is 0 Å². The van der Waals surface area contributed by atoms with Gasteiger partial charge in [0.15, 0.2) is 5.82 Å². The number of pyridine rings is 1. The molecule has 1 N–H and O–H groups in total. The Bertz CT molecular complexity index is 556. The molecule has 2 fully saturated rings. The van der Waals surface area contributed by atoms with E-state index in [9.17, 15) is 14.3 Å². The van der Waals surface area contributed by atoms with Gasteiger partial charge in [-0.3, -0.25) is 9.78 Å². The molecule has 2 aliphatic rings. The summed E-state index contributed by atoms with van der Waals surface area (Å²) in [4.78, 5) is 17.7. The van der Waals surface area contributed by atoms with E-state index in [1.807, 2.05) is 6.92 Å². The van der Waals surface area contributed by atoms with Crippen molar-refractivity contribution in [3.05, 3.63) is 29.8 Å². The van der Waals surface area contributed by atoms with Crippen molar-refractivity contribution in [2.45, 2.75) is 38.4 Å². The van der Waals surface area contributed by atoms with Gasteiger partial charge in [0.2, 0.25) is 0 Å². The summed E-state index contributed by atoms with van der Waals surface area (Å²) in [6.45, 7) is 3.61. The normalized spacial score (nSPS) is 26.8. The minimum absolute atomic E-state index is 0.0569. The number of carbonyl (C=O) groups excluding carboxylic acids is 1. The van der Waals surface area contributed by atoms with Gasteiger partial charge in [-0.25, -0.2) is 4.39 Å². The van der Waals surface area contributed by atoms with Crippen molar-refractivity contribution < 1.29 is 19.0 Å². The summed E-state index contributed by atoms with van der Waals surface area (Å²) < 4.78 is 19.4. The Hall–Kier alpha value is -1.53. The number of amides is 1. The zero-order valence-electron chi connectivity index (χ0n) is 12.7. The summed E-state index contributed by atoms with van der Waals surface area (Å²) in [6, 6.07) is 1.41. The lowest BCUT2D eigenvalue weighted by Gasteiger charge is -2.56. The minimum atomic E-state index is -0.594. The first-order valence-corrected chi connectivity index (χ1v) is 7.77. The molecule has 1 saturated heterocycles. The van der Waals surface area contributed by atoms with Crippen molar-refractivity contribution in [1.82, 2.24) is 9.88 Å². The van der Waals surface area contributed by atoms with E-state index in [1.54, 1.807) is 4.90 Å². The number of hydrogen-bond acceptors (Lipinski definition) is 4. The highest BCUT2D eigenvalue weighted by atomic mass is 19.1. The molecule has 1 spiro atoms. The second-order valence-corrected chi connectivity index (χ2v) is 6.08. The van der Waals surface area contributed by atoms with Gasteiger partial charge in [0, 0.05) is 37.7 Å². The number of aromatic nitrogens is 1. The third-order valence-corrected chi connectivity index (χ3v) is 5.09. The van der Waals surface area contributed by atoms with Crippen LogP contribution in [0.15, 0.2) is 18.5 Å². The van der Waals surface area contributed by atoms with Crippen LogP contribution < -0.4 is 0 Å². The molecule has 0 bridgehead atoms. The summed E-state index contributed by atoms with van der Waals surface area (Å²) in [7, 11) is 0. The average molecular weight is 308 g/mol. The van der Waals surface area contributed by atoms with Crippen LogP contribution in [0.2, 0.25) is 0 Å². The van der Waals surface area contributed by atoms with Crippen LogP contribution in [0.5, 0.6) is 0 Å². The Morgan fingerprint density at radius 2 is 2.27 bits per heavy atom. The molecule has 22 heavy (non-hydrogen) atoms. The predicted octanol–water partition coefficient (Wildman–Crippen LogP) is 1.61. The maximum Gasteiger partial charge on any atom is 0.256 e. The summed E-state index contributed by atoms with van der Waals surface area (Å²) in [5.41, 5.74) is -0.176. The fourth-order valence-electron chi connectivity index (χ4n) is 3.66. The second kappa shape index (κ2) is 5.93. The van der Waals surface area contributed by atoms with E-state index in [0.717, 1.165) is 6.20 Å². The van der Waals surface area contributed by atoms with E-state index in [0.29, 0.717) is 39.0 Å². The lowest BCUT2D eigenvalue weighted by atomic mass is 9.58. The highest BCUT2D eigenvalue weighted by Crippen LogP contribution is 2.51. The van der Waals surface area contributed by atoms with Crippen LogP contribution in [-0.4, -0.2) is 52.8 Å². The van der Waals surface area contributed by atoms with Crippen molar-refractivity contribution in [3.8, 4) is 0 Å². The summed E-state index contributed by atoms with van der Waals surface area (Å²) in [5.74, 6) is -0.903. The fourth-order valence-corrected chi connectivity index (χ4v) is 3.66. The van der Waals surface area contributed by atoms with Crippen LogP contribution in [0.3, 0.4) is 0 Å². The highest BCUT2D eigenvalue weighted by molar-refractivity contribution is 5.94. The molecule has 3 rings (SSSR count). The molecule has 5 nitrogen and oxygen atoms in total.